The third-order valence-electron chi connectivity index (χ3n) is 1.98. The second-order valence-electron chi connectivity index (χ2n) is 3.85. The molecule has 96 valence electrons. The van der Waals surface area contributed by atoms with Crippen molar-refractivity contribution >= 4 is 6.98 Å². The first-order valence-electron chi connectivity index (χ1n) is 4.62. The first-order chi connectivity index (χ1) is 6.93. The summed E-state index contributed by atoms with van der Waals surface area (Å²) in [5, 5.41) is 0. The molecule has 0 aliphatic carbocycles. The van der Waals surface area contributed by atoms with E-state index in [1.54, 1.807) is 0 Å². The minimum atomic E-state index is -5.28. The van der Waals surface area contributed by atoms with Gasteiger partial charge < -0.3 is 12.9 Å². The third kappa shape index (κ3) is 9.55. The van der Waals surface area contributed by atoms with Crippen LogP contribution in [0.25, 0.3) is 0 Å². The van der Waals surface area contributed by atoms with Gasteiger partial charge in [0.25, 0.3) is 0 Å². The Morgan fingerprint density at radius 2 is 1.65 bits per heavy atom. The molecule has 0 unspecified atom stereocenters. The van der Waals surface area contributed by atoms with Crippen molar-refractivity contribution < 1.29 is 77.5 Å². The Hall–Kier alpha value is 0.981. The number of hydrogen-bond donors (Lipinski definition) is 0. The quantitative estimate of drug-likeness (QED) is 0.516. The van der Waals surface area contributed by atoms with Crippen LogP contribution in [0.15, 0.2) is 12.1 Å². The van der Waals surface area contributed by atoms with E-state index >= 15 is 0 Å². The van der Waals surface area contributed by atoms with Crippen molar-refractivity contribution in [2.75, 3.05) is 13.1 Å². The van der Waals surface area contributed by atoms with Crippen molar-refractivity contribution in [2.24, 2.45) is 0 Å². The maximum atomic E-state index is 12.2. The number of halogens is 6. The molecule has 0 amide bonds. The normalized spacial score (nSPS) is 12.8. The van der Waals surface area contributed by atoms with Gasteiger partial charge in [-0.2, -0.15) is 13.2 Å². The maximum absolute atomic E-state index is 12.2. The molecule has 0 spiro atoms. The SMILES string of the molecule is C=C(CN(CC(F)(F)F)C(C)C)[B-](F)(F)F.[K+]. The number of rotatable bonds is 5. The van der Waals surface area contributed by atoms with Gasteiger partial charge in [0.1, 0.15) is 0 Å². The molecular weight excluding hydrogens is 274 g/mol. The second kappa shape index (κ2) is 7.54. The van der Waals surface area contributed by atoms with E-state index in [1.807, 2.05) is 0 Å². The fourth-order valence-electron chi connectivity index (χ4n) is 1.02. The Balaban J connectivity index is 0. The molecule has 1 nitrogen and oxygen atoms in total. The predicted molar refractivity (Wildman–Crippen MR) is 51.0 cm³/mol. The average Bonchev–Trinajstić information content (AvgIpc) is 1.98. The number of alkyl halides is 3. The van der Waals surface area contributed by atoms with Crippen molar-refractivity contribution in [1.29, 1.82) is 0 Å². The zero-order chi connectivity index (χ0) is 13.1. The molecule has 0 aromatic carbocycles. The zero-order valence-electron chi connectivity index (χ0n) is 9.99. The van der Waals surface area contributed by atoms with Crippen LogP contribution in [0.3, 0.4) is 0 Å². The van der Waals surface area contributed by atoms with Crippen molar-refractivity contribution in [3.8, 4) is 0 Å². The monoisotopic (exact) mass is 287 g/mol. The van der Waals surface area contributed by atoms with E-state index in [0.717, 1.165) is 0 Å². The first-order valence-corrected chi connectivity index (χ1v) is 4.62. The van der Waals surface area contributed by atoms with Crippen LogP contribution in [0.5, 0.6) is 0 Å². The third-order valence-corrected chi connectivity index (χ3v) is 1.98. The molecular formula is C8H13BF6KN. The fourth-order valence-corrected chi connectivity index (χ4v) is 1.02. The second-order valence-corrected chi connectivity index (χ2v) is 3.85. The van der Waals surface area contributed by atoms with Crippen LogP contribution < -0.4 is 51.4 Å². The van der Waals surface area contributed by atoms with Gasteiger partial charge in [0.2, 0.25) is 0 Å². The molecule has 0 aliphatic rings. The van der Waals surface area contributed by atoms with Crippen LogP contribution in [0.1, 0.15) is 13.8 Å². The Bertz CT molecular complexity index is 249. The van der Waals surface area contributed by atoms with Crippen LogP contribution in [-0.4, -0.2) is 37.2 Å². The summed E-state index contributed by atoms with van der Waals surface area (Å²) >= 11 is 0. The van der Waals surface area contributed by atoms with E-state index in [1.165, 1.54) is 13.8 Å². The van der Waals surface area contributed by atoms with Crippen LogP contribution in [-0.2, 0) is 0 Å². The summed E-state index contributed by atoms with van der Waals surface area (Å²) in [5.74, 6) is 0. The van der Waals surface area contributed by atoms with Crippen LogP contribution in [0.2, 0.25) is 0 Å². The van der Waals surface area contributed by atoms with Crippen LogP contribution >= 0.6 is 0 Å². The molecule has 0 N–H and O–H groups in total. The molecule has 0 atom stereocenters. The van der Waals surface area contributed by atoms with E-state index in [9.17, 15) is 26.1 Å². The Kier molecular flexibility index (Phi) is 9.01. The minimum absolute atomic E-state index is 0. The fraction of sp³-hybridized carbons (Fsp3) is 0.750. The molecule has 0 saturated carbocycles. The molecule has 0 rings (SSSR count). The topological polar surface area (TPSA) is 3.24 Å². The van der Waals surface area contributed by atoms with E-state index in [-0.39, 0.29) is 51.4 Å². The molecule has 9 heteroatoms. The summed E-state index contributed by atoms with van der Waals surface area (Å²) in [7, 11) is 0. The van der Waals surface area contributed by atoms with Gasteiger partial charge in [-0.05, 0) is 20.4 Å². The molecule has 0 bridgehead atoms. The predicted octanol–water partition coefficient (Wildman–Crippen LogP) is 0.206. The summed E-state index contributed by atoms with van der Waals surface area (Å²) < 4.78 is 72.7. The van der Waals surface area contributed by atoms with E-state index in [0.29, 0.717) is 4.90 Å². The molecule has 17 heavy (non-hydrogen) atoms. The van der Waals surface area contributed by atoms with Gasteiger partial charge in [0.15, 0.2) is 0 Å². The average molecular weight is 287 g/mol. The van der Waals surface area contributed by atoms with Crippen molar-refractivity contribution in [3.05, 3.63) is 12.1 Å². The largest absolute Gasteiger partial charge is 1.00 e. The van der Waals surface area contributed by atoms with Crippen LogP contribution in [0.4, 0.5) is 26.1 Å². The van der Waals surface area contributed by atoms with Gasteiger partial charge in [-0.3, -0.25) is 4.90 Å². The zero-order valence-corrected chi connectivity index (χ0v) is 13.1. The molecule has 0 radical (unpaired) electrons. The number of nitrogens with zero attached hydrogens (tertiary/aromatic N) is 1. The van der Waals surface area contributed by atoms with Crippen LogP contribution in [0, 0.1) is 0 Å². The Morgan fingerprint density at radius 1 is 1.24 bits per heavy atom. The molecule has 0 heterocycles. The molecule has 0 aromatic rings. The summed E-state index contributed by atoms with van der Waals surface area (Å²) in [6.07, 6.45) is -4.51. The van der Waals surface area contributed by atoms with Gasteiger partial charge in [-0.25, -0.2) is 0 Å². The van der Waals surface area contributed by atoms with Gasteiger partial charge >= 0.3 is 64.5 Å². The molecule has 0 aliphatic heterocycles. The van der Waals surface area contributed by atoms with E-state index in [4.69, 9.17) is 0 Å². The standard InChI is InChI=1S/C8H13BF6N.K/c1-6(2)16(5-8(10,11)12)4-7(3)9(13,14)15;/h6H,3-5H2,1-2H3;/q-1;+1. The summed E-state index contributed by atoms with van der Waals surface area (Å²) in [6, 6.07) is -0.628. The minimum Gasteiger partial charge on any atom is -0.445 e. The summed E-state index contributed by atoms with van der Waals surface area (Å²) in [5.41, 5.74) is -1.11. The number of hydrogen-bond acceptors (Lipinski definition) is 1. The van der Waals surface area contributed by atoms with E-state index < -0.39 is 37.8 Å². The maximum Gasteiger partial charge on any atom is 1.00 e. The van der Waals surface area contributed by atoms with Gasteiger partial charge in [-0.15, -0.1) is 12.1 Å². The van der Waals surface area contributed by atoms with Gasteiger partial charge in [-0.1, -0.05) is 0 Å². The summed E-state index contributed by atoms with van der Waals surface area (Å²) in [6.45, 7) is -1.87. The van der Waals surface area contributed by atoms with Crippen molar-refractivity contribution in [2.45, 2.75) is 26.1 Å². The van der Waals surface area contributed by atoms with E-state index in [2.05, 4.69) is 6.58 Å². The molecule has 0 fully saturated rings. The smallest absolute Gasteiger partial charge is 0.445 e. The van der Waals surface area contributed by atoms with Gasteiger partial charge in [0.05, 0.1) is 6.54 Å². The Morgan fingerprint density at radius 3 is 1.88 bits per heavy atom. The van der Waals surface area contributed by atoms with Crippen molar-refractivity contribution in [3.63, 3.8) is 0 Å². The Labute approximate surface area is 139 Å². The van der Waals surface area contributed by atoms with Crippen molar-refractivity contribution in [1.82, 2.24) is 4.90 Å². The molecule has 0 saturated heterocycles. The van der Waals surface area contributed by atoms with Gasteiger partial charge in [0, 0.05) is 6.04 Å². The summed E-state index contributed by atoms with van der Waals surface area (Å²) in [4.78, 5) is 0.692. The first kappa shape index (κ1) is 20.3. The molecule has 0 aromatic heterocycles.